The van der Waals surface area contributed by atoms with Gasteiger partial charge in [0.25, 0.3) is 5.91 Å². The summed E-state index contributed by atoms with van der Waals surface area (Å²) in [6, 6.07) is 13.9. The number of nitrogens with zero attached hydrogens (tertiary/aromatic N) is 4. The first-order valence-electron chi connectivity index (χ1n) is 8.06. The average Bonchev–Trinajstić information content (AvgIpc) is 3.25. The molecule has 3 rings (SSSR count). The number of methoxy groups -OCH3 is 1. The van der Waals surface area contributed by atoms with Crippen molar-refractivity contribution in [3.05, 3.63) is 66.0 Å². The van der Waals surface area contributed by atoms with Gasteiger partial charge >= 0.3 is 5.97 Å². The van der Waals surface area contributed by atoms with E-state index >= 15 is 0 Å². The van der Waals surface area contributed by atoms with Gasteiger partial charge in [0.1, 0.15) is 12.1 Å². The Labute approximate surface area is 154 Å². The van der Waals surface area contributed by atoms with Gasteiger partial charge in [-0.1, -0.05) is 18.2 Å². The van der Waals surface area contributed by atoms with Gasteiger partial charge in [-0.3, -0.25) is 4.79 Å². The largest absolute Gasteiger partial charge is 0.497 e. The van der Waals surface area contributed by atoms with Crippen molar-refractivity contribution in [2.24, 2.45) is 0 Å². The summed E-state index contributed by atoms with van der Waals surface area (Å²) in [6.07, 6.45) is 1.41. The number of tetrazole rings is 1. The summed E-state index contributed by atoms with van der Waals surface area (Å²) in [4.78, 5) is 24.1. The number of carbonyl (C=O) groups excluding carboxylic acids is 2. The van der Waals surface area contributed by atoms with E-state index < -0.39 is 11.9 Å². The van der Waals surface area contributed by atoms with Crippen LogP contribution in [0, 0.1) is 0 Å². The van der Waals surface area contributed by atoms with Crippen LogP contribution in [0.5, 0.6) is 5.75 Å². The van der Waals surface area contributed by atoms with E-state index in [0.717, 1.165) is 5.56 Å². The summed E-state index contributed by atoms with van der Waals surface area (Å²) < 4.78 is 11.6. The second-order valence-electron chi connectivity index (χ2n) is 5.51. The summed E-state index contributed by atoms with van der Waals surface area (Å²) >= 11 is 0. The van der Waals surface area contributed by atoms with Crippen LogP contribution in [0.25, 0.3) is 5.69 Å². The number of rotatable bonds is 7. The van der Waals surface area contributed by atoms with Crippen LogP contribution < -0.4 is 10.1 Å². The molecule has 0 saturated carbocycles. The van der Waals surface area contributed by atoms with Gasteiger partial charge in [0.2, 0.25) is 0 Å². The zero-order valence-corrected chi connectivity index (χ0v) is 14.5. The summed E-state index contributed by atoms with van der Waals surface area (Å²) in [5.41, 5.74) is 1.78. The fourth-order valence-electron chi connectivity index (χ4n) is 2.30. The Hall–Kier alpha value is -3.75. The molecule has 1 N–H and O–H groups in total. The second kappa shape index (κ2) is 8.56. The molecule has 0 aliphatic rings. The van der Waals surface area contributed by atoms with Crippen LogP contribution in [-0.2, 0) is 16.1 Å². The maximum Gasteiger partial charge on any atom is 0.338 e. The highest BCUT2D eigenvalue weighted by molar-refractivity contribution is 5.91. The van der Waals surface area contributed by atoms with Gasteiger partial charge in [0.05, 0.1) is 18.4 Å². The maximum atomic E-state index is 12.1. The lowest BCUT2D eigenvalue weighted by atomic mass is 10.2. The van der Waals surface area contributed by atoms with Crippen molar-refractivity contribution in [3.8, 4) is 11.4 Å². The minimum absolute atomic E-state index is 0.295. The predicted octanol–water partition coefficient (Wildman–Crippen LogP) is 1.14. The van der Waals surface area contributed by atoms with Gasteiger partial charge < -0.3 is 14.8 Å². The number of hydrogen-bond donors (Lipinski definition) is 1. The van der Waals surface area contributed by atoms with Crippen molar-refractivity contribution in [1.82, 2.24) is 25.5 Å². The SMILES string of the molecule is COc1cccc(CNC(=O)COC(=O)c2cccc(-n3cnnn3)c2)c1. The van der Waals surface area contributed by atoms with Crippen LogP contribution in [0.2, 0.25) is 0 Å². The highest BCUT2D eigenvalue weighted by Crippen LogP contribution is 2.12. The first-order valence-corrected chi connectivity index (χ1v) is 8.06. The van der Waals surface area contributed by atoms with Crippen molar-refractivity contribution in [1.29, 1.82) is 0 Å². The van der Waals surface area contributed by atoms with Crippen LogP contribution >= 0.6 is 0 Å². The van der Waals surface area contributed by atoms with Gasteiger partial charge in [-0.05, 0) is 46.3 Å². The maximum absolute atomic E-state index is 12.1. The van der Waals surface area contributed by atoms with E-state index in [4.69, 9.17) is 9.47 Å². The molecule has 1 heterocycles. The Morgan fingerprint density at radius 2 is 2.00 bits per heavy atom. The molecule has 0 unspecified atom stereocenters. The fraction of sp³-hybridized carbons (Fsp3) is 0.167. The molecule has 0 spiro atoms. The molecule has 9 heteroatoms. The van der Waals surface area contributed by atoms with Gasteiger partial charge in [-0.25, -0.2) is 9.48 Å². The molecule has 3 aromatic rings. The van der Waals surface area contributed by atoms with E-state index in [0.29, 0.717) is 23.5 Å². The monoisotopic (exact) mass is 367 g/mol. The molecule has 0 aliphatic heterocycles. The number of amides is 1. The molecule has 0 aliphatic carbocycles. The molecular weight excluding hydrogens is 350 g/mol. The first kappa shape index (κ1) is 18.1. The lowest BCUT2D eigenvalue weighted by Gasteiger charge is -2.08. The lowest BCUT2D eigenvalue weighted by Crippen LogP contribution is -2.28. The normalized spacial score (nSPS) is 10.3. The second-order valence-corrected chi connectivity index (χ2v) is 5.51. The van der Waals surface area contributed by atoms with E-state index in [-0.39, 0.29) is 6.61 Å². The standard InChI is InChI=1S/C18H17N5O4/c1-26-16-7-2-4-13(8-16)10-19-17(24)11-27-18(25)14-5-3-6-15(9-14)23-12-20-21-22-23/h2-9,12H,10-11H2,1H3,(H,19,24). The van der Waals surface area contributed by atoms with Crippen LogP contribution in [0.15, 0.2) is 54.9 Å². The lowest BCUT2D eigenvalue weighted by molar-refractivity contribution is -0.124. The molecule has 138 valence electrons. The van der Waals surface area contributed by atoms with Gasteiger partial charge in [0.15, 0.2) is 6.61 Å². The zero-order valence-electron chi connectivity index (χ0n) is 14.5. The van der Waals surface area contributed by atoms with Crippen molar-refractivity contribution < 1.29 is 19.1 Å². The predicted molar refractivity (Wildman–Crippen MR) is 94.3 cm³/mol. The Balaban J connectivity index is 1.51. The van der Waals surface area contributed by atoms with E-state index in [1.54, 1.807) is 31.4 Å². The first-order chi connectivity index (χ1) is 13.2. The number of esters is 1. The summed E-state index contributed by atoms with van der Waals surface area (Å²) in [5, 5.41) is 13.5. The number of carbonyl (C=O) groups is 2. The molecule has 27 heavy (non-hydrogen) atoms. The molecule has 9 nitrogen and oxygen atoms in total. The van der Waals surface area contributed by atoms with Crippen molar-refractivity contribution in [2.75, 3.05) is 13.7 Å². The van der Waals surface area contributed by atoms with E-state index in [2.05, 4.69) is 20.8 Å². The summed E-state index contributed by atoms with van der Waals surface area (Å²) in [7, 11) is 1.57. The van der Waals surface area contributed by atoms with Crippen molar-refractivity contribution >= 4 is 11.9 Å². The third-order valence-electron chi connectivity index (χ3n) is 3.65. The fourth-order valence-corrected chi connectivity index (χ4v) is 2.30. The van der Waals surface area contributed by atoms with E-state index in [1.165, 1.54) is 11.0 Å². The number of benzene rings is 2. The molecular formula is C18H17N5O4. The third kappa shape index (κ3) is 4.88. The summed E-state index contributed by atoms with van der Waals surface area (Å²) in [6.45, 7) is -0.0692. The van der Waals surface area contributed by atoms with E-state index in [9.17, 15) is 9.59 Å². The highest BCUT2D eigenvalue weighted by atomic mass is 16.5. The molecule has 1 amide bonds. The quantitative estimate of drug-likeness (QED) is 0.624. The Morgan fingerprint density at radius 3 is 2.78 bits per heavy atom. The molecule has 0 saturated heterocycles. The molecule has 2 aromatic carbocycles. The highest BCUT2D eigenvalue weighted by Gasteiger charge is 2.11. The number of ether oxygens (including phenoxy) is 2. The Bertz CT molecular complexity index is 927. The molecule has 0 atom stereocenters. The Morgan fingerprint density at radius 1 is 1.15 bits per heavy atom. The minimum Gasteiger partial charge on any atom is -0.497 e. The van der Waals surface area contributed by atoms with Crippen LogP contribution in [-0.4, -0.2) is 45.8 Å². The van der Waals surface area contributed by atoms with Gasteiger partial charge in [-0.2, -0.15) is 0 Å². The zero-order chi connectivity index (χ0) is 19.1. The number of hydrogen-bond acceptors (Lipinski definition) is 7. The Kier molecular flexibility index (Phi) is 5.73. The van der Waals surface area contributed by atoms with Crippen molar-refractivity contribution in [2.45, 2.75) is 6.54 Å². The van der Waals surface area contributed by atoms with Gasteiger partial charge in [0, 0.05) is 6.54 Å². The molecule has 1 aromatic heterocycles. The van der Waals surface area contributed by atoms with Gasteiger partial charge in [-0.15, -0.1) is 5.10 Å². The average molecular weight is 367 g/mol. The minimum atomic E-state index is -0.610. The van der Waals surface area contributed by atoms with Crippen LogP contribution in [0.1, 0.15) is 15.9 Å². The van der Waals surface area contributed by atoms with Crippen LogP contribution in [0.3, 0.4) is 0 Å². The van der Waals surface area contributed by atoms with E-state index in [1.807, 2.05) is 24.3 Å². The molecule has 0 radical (unpaired) electrons. The molecule has 0 fully saturated rings. The smallest absolute Gasteiger partial charge is 0.338 e. The topological polar surface area (TPSA) is 108 Å². The molecule has 0 bridgehead atoms. The third-order valence-corrected chi connectivity index (χ3v) is 3.65. The number of nitrogens with one attached hydrogen (secondary N) is 1. The summed E-state index contributed by atoms with van der Waals surface area (Å²) in [5.74, 6) is -0.306. The van der Waals surface area contributed by atoms with Crippen LogP contribution in [0.4, 0.5) is 0 Å². The number of aromatic nitrogens is 4. The van der Waals surface area contributed by atoms with Crippen molar-refractivity contribution in [3.63, 3.8) is 0 Å².